The maximum absolute atomic E-state index is 11.7. The molecule has 0 saturated carbocycles. The van der Waals surface area contributed by atoms with Crippen LogP contribution in [0.15, 0.2) is 6.07 Å². The lowest BCUT2D eigenvalue weighted by atomic mass is 10.1. The van der Waals surface area contributed by atoms with Crippen molar-refractivity contribution in [3.63, 3.8) is 0 Å². The number of ether oxygens (including phenoxy) is 4. The number of methoxy groups -OCH3 is 4. The second-order valence-corrected chi connectivity index (χ2v) is 3.10. The zero-order valence-electron chi connectivity index (χ0n) is 10.2. The average molecular weight is 241 g/mol. The molecule has 0 fully saturated rings. The van der Waals surface area contributed by atoms with Crippen molar-refractivity contribution in [1.82, 2.24) is 0 Å². The normalized spacial score (nSPS) is 9.65. The molecule has 1 aromatic carbocycles. The Morgan fingerprint density at radius 3 is 2.06 bits per heavy atom. The third kappa shape index (κ3) is 2.20. The topological polar surface area (TPSA) is 80.0 Å². The van der Waals surface area contributed by atoms with Gasteiger partial charge in [0.2, 0.25) is 0 Å². The van der Waals surface area contributed by atoms with E-state index in [4.69, 9.17) is 19.9 Å². The number of rotatable bonds is 4. The second-order valence-electron chi connectivity index (χ2n) is 3.10. The molecule has 0 aliphatic carbocycles. The van der Waals surface area contributed by atoms with Crippen LogP contribution in [0.3, 0.4) is 0 Å². The Labute approximate surface area is 99.2 Å². The average Bonchev–Trinajstić information content (AvgIpc) is 2.36. The van der Waals surface area contributed by atoms with Gasteiger partial charge in [-0.1, -0.05) is 0 Å². The molecule has 0 aromatic heterocycles. The highest BCUT2D eigenvalue weighted by molar-refractivity contribution is 5.99. The van der Waals surface area contributed by atoms with Gasteiger partial charge in [-0.25, -0.2) is 4.79 Å². The number of esters is 1. The van der Waals surface area contributed by atoms with Crippen LogP contribution in [0.25, 0.3) is 0 Å². The summed E-state index contributed by atoms with van der Waals surface area (Å²) in [7, 11) is 5.53. The maximum atomic E-state index is 11.7. The third-order valence-corrected chi connectivity index (χ3v) is 2.24. The van der Waals surface area contributed by atoms with Gasteiger partial charge in [-0.15, -0.1) is 0 Å². The first-order chi connectivity index (χ1) is 8.10. The summed E-state index contributed by atoms with van der Waals surface area (Å²) in [5.41, 5.74) is 6.13. The number of carbonyl (C=O) groups excluding carboxylic acids is 1. The van der Waals surface area contributed by atoms with E-state index in [0.29, 0.717) is 5.75 Å². The monoisotopic (exact) mass is 241 g/mol. The Bertz CT molecular complexity index is 430. The summed E-state index contributed by atoms with van der Waals surface area (Å²) in [6, 6.07) is 1.52. The molecule has 0 unspecified atom stereocenters. The minimum Gasteiger partial charge on any atom is -0.494 e. The quantitative estimate of drug-likeness (QED) is 0.627. The second kappa shape index (κ2) is 5.29. The Balaban J connectivity index is 3.58. The fourth-order valence-electron chi connectivity index (χ4n) is 1.50. The molecular weight excluding hydrogens is 226 g/mol. The molecule has 0 aliphatic rings. The van der Waals surface area contributed by atoms with Crippen molar-refractivity contribution in [2.75, 3.05) is 34.2 Å². The molecule has 0 radical (unpaired) electrons. The van der Waals surface area contributed by atoms with Crippen molar-refractivity contribution in [2.24, 2.45) is 0 Å². The molecule has 0 atom stereocenters. The lowest BCUT2D eigenvalue weighted by molar-refractivity contribution is 0.0592. The lowest BCUT2D eigenvalue weighted by Gasteiger charge is -2.16. The highest BCUT2D eigenvalue weighted by atomic mass is 16.5. The molecule has 17 heavy (non-hydrogen) atoms. The first kappa shape index (κ1) is 13.0. The molecule has 0 bridgehead atoms. The number of hydrogen-bond acceptors (Lipinski definition) is 6. The number of hydrogen-bond donors (Lipinski definition) is 1. The van der Waals surface area contributed by atoms with Crippen LogP contribution in [-0.4, -0.2) is 34.4 Å². The molecule has 0 spiro atoms. The van der Waals surface area contributed by atoms with Crippen LogP contribution in [0.1, 0.15) is 10.4 Å². The molecule has 0 heterocycles. The van der Waals surface area contributed by atoms with Gasteiger partial charge >= 0.3 is 5.97 Å². The lowest BCUT2D eigenvalue weighted by Crippen LogP contribution is -2.09. The molecule has 1 aromatic rings. The predicted octanol–water partition coefficient (Wildman–Crippen LogP) is 1.08. The van der Waals surface area contributed by atoms with E-state index in [1.807, 2.05) is 0 Å². The number of nitrogens with two attached hydrogens (primary N) is 1. The van der Waals surface area contributed by atoms with Crippen LogP contribution in [0.5, 0.6) is 17.2 Å². The SMILES string of the molecule is COC(=O)c1c(OC)c(N)cc(OC)c1OC. The molecule has 2 N–H and O–H groups in total. The minimum absolute atomic E-state index is 0.106. The van der Waals surface area contributed by atoms with Gasteiger partial charge in [-0.2, -0.15) is 0 Å². The van der Waals surface area contributed by atoms with Crippen molar-refractivity contribution in [2.45, 2.75) is 0 Å². The number of anilines is 1. The molecule has 6 heteroatoms. The summed E-state index contributed by atoms with van der Waals surface area (Å²) < 4.78 is 20.0. The Hall–Kier alpha value is -2.11. The molecule has 0 amide bonds. The van der Waals surface area contributed by atoms with Gasteiger partial charge in [0.05, 0.1) is 34.1 Å². The summed E-state index contributed by atoms with van der Waals surface area (Å²) >= 11 is 0. The molecule has 6 nitrogen and oxygen atoms in total. The number of benzene rings is 1. The van der Waals surface area contributed by atoms with Crippen LogP contribution < -0.4 is 19.9 Å². The van der Waals surface area contributed by atoms with Crippen molar-refractivity contribution in [3.8, 4) is 17.2 Å². The van der Waals surface area contributed by atoms with E-state index < -0.39 is 5.97 Å². The summed E-state index contributed by atoms with van der Waals surface area (Å²) in [5.74, 6) is 0.162. The van der Waals surface area contributed by atoms with E-state index in [1.54, 1.807) is 0 Å². The fourth-order valence-corrected chi connectivity index (χ4v) is 1.50. The van der Waals surface area contributed by atoms with E-state index in [0.717, 1.165) is 0 Å². The maximum Gasteiger partial charge on any atom is 0.345 e. The van der Waals surface area contributed by atoms with E-state index in [2.05, 4.69) is 4.74 Å². The summed E-state index contributed by atoms with van der Waals surface area (Å²) in [5, 5.41) is 0. The standard InChI is InChI=1S/C11H15NO5/c1-14-7-5-6(12)9(15-2)8(10(7)16-3)11(13)17-4/h5H,12H2,1-4H3. The summed E-state index contributed by atoms with van der Waals surface area (Å²) in [4.78, 5) is 11.7. The largest absolute Gasteiger partial charge is 0.494 e. The predicted molar refractivity (Wildman–Crippen MR) is 61.8 cm³/mol. The zero-order valence-corrected chi connectivity index (χ0v) is 10.2. The molecule has 94 valence electrons. The van der Waals surface area contributed by atoms with E-state index in [1.165, 1.54) is 34.5 Å². The number of nitrogen functional groups attached to an aromatic ring is 1. The van der Waals surface area contributed by atoms with Crippen LogP contribution in [0.2, 0.25) is 0 Å². The van der Waals surface area contributed by atoms with Gasteiger partial charge in [-0.3, -0.25) is 0 Å². The van der Waals surface area contributed by atoms with Crippen molar-refractivity contribution < 1.29 is 23.7 Å². The third-order valence-electron chi connectivity index (χ3n) is 2.24. The van der Waals surface area contributed by atoms with Crippen molar-refractivity contribution in [1.29, 1.82) is 0 Å². The van der Waals surface area contributed by atoms with Crippen molar-refractivity contribution >= 4 is 11.7 Å². The molecule has 0 aliphatic heterocycles. The molecule has 0 saturated heterocycles. The van der Waals surface area contributed by atoms with Crippen LogP contribution in [-0.2, 0) is 4.74 Å². The van der Waals surface area contributed by atoms with E-state index in [9.17, 15) is 4.79 Å². The van der Waals surface area contributed by atoms with Gasteiger partial charge in [0, 0.05) is 6.07 Å². The minimum atomic E-state index is -0.607. The van der Waals surface area contributed by atoms with E-state index in [-0.39, 0.29) is 22.7 Å². The first-order valence-corrected chi connectivity index (χ1v) is 4.77. The van der Waals surface area contributed by atoms with Crippen molar-refractivity contribution in [3.05, 3.63) is 11.6 Å². The smallest absolute Gasteiger partial charge is 0.345 e. The van der Waals surface area contributed by atoms with Crippen LogP contribution in [0.4, 0.5) is 5.69 Å². The fraction of sp³-hybridized carbons (Fsp3) is 0.364. The molecular formula is C11H15NO5. The molecule has 1 rings (SSSR count). The Morgan fingerprint density at radius 1 is 1.06 bits per heavy atom. The van der Waals surface area contributed by atoms with Crippen LogP contribution >= 0.6 is 0 Å². The first-order valence-electron chi connectivity index (χ1n) is 4.77. The summed E-state index contributed by atoms with van der Waals surface area (Å²) in [6.45, 7) is 0. The van der Waals surface area contributed by atoms with Gasteiger partial charge < -0.3 is 24.7 Å². The van der Waals surface area contributed by atoms with E-state index >= 15 is 0 Å². The Kier molecular flexibility index (Phi) is 4.03. The van der Waals surface area contributed by atoms with Gasteiger partial charge in [0.15, 0.2) is 17.2 Å². The van der Waals surface area contributed by atoms with Gasteiger partial charge in [0.1, 0.15) is 5.56 Å². The highest BCUT2D eigenvalue weighted by Crippen LogP contribution is 2.42. The number of carbonyl (C=O) groups is 1. The van der Waals surface area contributed by atoms with Gasteiger partial charge in [-0.05, 0) is 0 Å². The van der Waals surface area contributed by atoms with Gasteiger partial charge in [0.25, 0.3) is 0 Å². The van der Waals surface area contributed by atoms with Crippen LogP contribution in [0, 0.1) is 0 Å². The summed E-state index contributed by atoms with van der Waals surface area (Å²) in [6.07, 6.45) is 0. The Morgan fingerprint density at radius 2 is 1.65 bits per heavy atom. The zero-order chi connectivity index (χ0) is 13.0. The highest BCUT2D eigenvalue weighted by Gasteiger charge is 2.25.